The highest BCUT2D eigenvalue weighted by molar-refractivity contribution is 6.00. The SMILES string of the molecule is CC(=O)c1cc(C)cn2c(=O)cc(N3CCC(C)(C)CC3)nc12. The molecule has 5 heteroatoms. The maximum atomic E-state index is 12.5. The van der Waals surface area contributed by atoms with Crippen LogP contribution in [0.25, 0.3) is 5.65 Å². The van der Waals surface area contributed by atoms with Crippen LogP contribution in [0.3, 0.4) is 0 Å². The standard InChI is InChI=1S/C18H23N3O2/c1-12-9-14(13(2)22)17-19-15(10-16(23)21(17)11-12)20-7-5-18(3,4)6-8-20/h9-11H,5-8H2,1-4H3. The number of fused-ring (bicyclic) bond motifs is 1. The number of rotatable bonds is 2. The summed E-state index contributed by atoms with van der Waals surface area (Å²) in [7, 11) is 0. The second-order valence-electron chi connectivity index (χ2n) is 7.28. The van der Waals surface area contributed by atoms with Gasteiger partial charge in [0, 0.05) is 25.4 Å². The smallest absolute Gasteiger partial charge is 0.259 e. The Hall–Kier alpha value is -2.17. The van der Waals surface area contributed by atoms with E-state index >= 15 is 0 Å². The summed E-state index contributed by atoms with van der Waals surface area (Å²) < 4.78 is 1.48. The third-order valence-electron chi connectivity index (χ3n) is 4.70. The van der Waals surface area contributed by atoms with E-state index in [1.165, 1.54) is 11.3 Å². The molecule has 0 bridgehead atoms. The van der Waals surface area contributed by atoms with E-state index in [1.54, 1.807) is 18.3 Å². The van der Waals surface area contributed by atoms with Crippen LogP contribution >= 0.6 is 0 Å². The fraction of sp³-hybridized carbons (Fsp3) is 0.500. The largest absolute Gasteiger partial charge is 0.356 e. The van der Waals surface area contributed by atoms with Crippen molar-refractivity contribution < 1.29 is 4.79 Å². The van der Waals surface area contributed by atoms with Crippen LogP contribution in [0.5, 0.6) is 0 Å². The monoisotopic (exact) mass is 313 g/mol. The predicted molar refractivity (Wildman–Crippen MR) is 91.4 cm³/mol. The quantitative estimate of drug-likeness (QED) is 0.800. The number of anilines is 1. The van der Waals surface area contributed by atoms with E-state index in [9.17, 15) is 9.59 Å². The molecule has 122 valence electrons. The highest BCUT2D eigenvalue weighted by Gasteiger charge is 2.26. The first-order valence-electron chi connectivity index (χ1n) is 8.07. The molecule has 1 fully saturated rings. The summed E-state index contributed by atoms with van der Waals surface area (Å²) in [5, 5.41) is 0. The first kappa shape index (κ1) is 15.7. The maximum absolute atomic E-state index is 12.5. The van der Waals surface area contributed by atoms with E-state index < -0.39 is 0 Å². The van der Waals surface area contributed by atoms with Gasteiger partial charge < -0.3 is 4.90 Å². The van der Waals surface area contributed by atoms with Gasteiger partial charge in [-0.2, -0.15) is 0 Å². The molecule has 0 amide bonds. The number of carbonyl (C=O) groups excluding carboxylic acids is 1. The summed E-state index contributed by atoms with van der Waals surface area (Å²) in [6.45, 7) is 9.69. The highest BCUT2D eigenvalue weighted by atomic mass is 16.1. The number of aryl methyl sites for hydroxylation is 1. The van der Waals surface area contributed by atoms with Crippen molar-refractivity contribution in [2.45, 2.75) is 40.5 Å². The number of nitrogens with zero attached hydrogens (tertiary/aromatic N) is 3. The van der Waals surface area contributed by atoms with Crippen molar-refractivity contribution in [1.29, 1.82) is 0 Å². The molecule has 0 aliphatic carbocycles. The maximum Gasteiger partial charge on any atom is 0.259 e. The predicted octanol–water partition coefficient (Wildman–Crippen LogP) is 2.83. The Morgan fingerprint density at radius 1 is 1.22 bits per heavy atom. The number of carbonyl (C=O) groups is 1. The van der Waals surface area contributed by atoms with Crippen molar-refractivity contribution in [3.63, 3.8) is 0 Å². The lowest BCUT2D eigenvalue weighted by atomic mass is 9.83. The van der Waals surface area contributed by atoms with E-state index in [0.29, 0.717) is 22.4 Å². The number of Topliss-reactive ketones (excluding diaryl/α,β-unsaturated/α-hetero) is 1. The Morgan fingerprint density at radius 3 is 2.48 bits per heavy atom. The lowest BCUT2D eigenvalue weighted by Crippen LogP contribution is -2.38. The molecule has 0 atom stereocenters. The molecule has 5 nitrogen and oxygen atoms in total. The highest BCUT2D eigenvalue weighted by Crippen LogP contribution is 2.31. The Morgan fingerprint density at radius 2 is 1.87 bits per heavy atom. The summed E-state index contributed by atoms with van der Waals surface area (Å²) in [5.41, 5.74) is 2.03. The second-order valence-corrected chi connectivity index (χ2v) is 7.28. The van der Waals surface area contributed by atoms with Gasteiger partial charge in [-0.1, -0.05) is 13.8 Å². The zero-order valence-corrected chi connectivity index (χ0v) is 14.2. The van der Waals surface area contributed by atoms with Crippen LogP contribution in [-0.2, 0) is 0 Å². The molecule has 3 heterocycles. The Bertz CT molecular complexity index is 826. The van der Waals surface area contributed by atoms with Crippen molar-refractivity contribution in [3.8, 4) is 0 Å². The first-order chi connectivity index (χ1) is 10.8. The second kappa shape index (κ2) is 5.48. The lowest BCUT2D eigenvalue weighted by molar-refractivity contribution is 0.101. The lowest BCUT2D eigenvalue weighted by Gasteiger charge is -2.37. The molecule has 23 heavy (non-hydrogen) atoms. The molecule has 0 saturated carbocycles. The van der Waals surface area contributed by atoms with Gasteiger partial charge in [0.25, 0.3) is 5.56 Å². The summed E-state index contributed by atoms with van der Waals surface area (Å²) in [4.78, 5) is 31.2. The molecule has 0 unspecified atom stereocenters. The minimum atomic E-state index is -0.138. The van der Waals surface area contributed by atoms with Crippen LogP contribution in [0.1, 0.15) is 49.5 Å². The molecular weight excluding hydrogens is 290 g/mol. The van der Waals surface area contributed by atoms with E-state index in [-0.39, 0.29) is 11.3 Å². The zero-order chi connectivity index (χ0) is 16.8. The molecule has 1 aliphatic rings. The van der Waals surface area contributed by atoms with Gasteiger partial charge in [0.2, 0.25) is 0 Å². The summed E-state index contributed by atoms with van der Waals surface area (Å²) in [6, 6.07) is 3.38. The van der Waals surface area contributed by atoms with E-state index in [4.69, 9.17) is 0 Å². The van der Waals surface area contributed by atoms with Crippen LogP contribution in [0.2, 0.25) is 0 Å². The van der Waals surface area contributed by atoms with E-state index in [1.807, 2.05) is 6.92 Å². The number of hydrogen-bond acceptors (Lipinski definition) is 4. The van der Waals surface area contributed by atoms with Gasteiger partial charge in [0.05, 0.1) is 5.56 Å². The molecule has 2 aromatic heterocycles. The third kappa shape index (κ3) is 3.00. The average Bonchev–Trinajstić information content (AvgIpc) is 2.47. The molecule has 1 aliphatic heterocycles. The summed E-state index contributed by atoms with van der Waals surface area (Å²) in [6.07, 6.45) is 3.88. The van der Waals surface area contributed by atoms with Gasteiger partial charge in [0.1, 0.15) is 5.82 Å². The number of hydrogen-bond donors (Lipinski definition) is 0. The minimum Gasteiger partial charge on any atom is -0.356 e. The molecule has 1 saturated heterocycles. The number of ketones is 1. The Balaban J connectivity index is 2.11. The fourth-order valence-corrected chi connectivity index (χ4v) is 3.09. The third-order valence-corrected chi connectivity index (χ3v) is 4.70. The fourth-order valence-electron chi connectivity index (χ4n) is 3.09. The summed E-state index contributed by atoms with van der Waals surface area (Å²) in [5.74, 6) is 0.604. The van der Waals surface area contributed by atoms with E-state index in [0.717, 1.165) is 31.5 Å². The molecule has 0 radical (unpaired) electrons. The van der Waals surface area contributed by atoms with Gasteiger partial charge >= 0.3 is 0 Å². The van der Waals surface area contributed by atoms with Crippen LogP contribution < -0.4 is 10.5 Å². The first-order valence-corrected chi connectivity index (χ1v) is 8.07. The van der Waals surface area contributed by atoms with Gasteiger partial charge in [-0.15, -0.1) is 0 Å². The Labute approximate surface area is 136 Å². The number of aromatic nitrogens is 2. The van der Waals surface area contributed by atoms with Crippen molar-refractivity contribution in [2.24, 2.45) is 5.41 Å². The minimum absolute atomic E-state index is 0.0740. The number of piperidine rings is 1. The molecule has 0 N–H and O–H groups in total. The van der Waals surface area contributed by atoms with Crippen molar-refractivity contribution in [1.82, 2.24) is 9.38 Å². The zero-order valence-electron chi connectivity index (χ0n) is 14.2. The van der Waals surface area contributed by atoms with Crippen molar-refractivity contribution >= 4 is 17.2 Å². The molecule has 0 aromatic carbocycles. The van der Waals surface area contributed by atoms with Crippen LogP contribution in [0, 0.1) is 12.3 Å². The van der Waals surface area contributed by atoms with Crippen LogP contribution in [0.4, 0.5) is 5.82 Å². The van der Waals surface area contributed by atoms with Gasteiger partial charge in [0.15, 0.2) is 11.4 Å². The summed E-state index contributed by atoms with van der Waals surface area (Å²) >= 11 is 0. The van der Waals surface area contributed by atoms with Gasteiger partial charge in [-0.05, 0) is 43.7 Å². The number of pyridine rings is 1. The topological polar surface area (TPSA) is 54.7 Å². The Kier molecular flexibility index (Phi) is 3.74. The molecule has 3 rings (SSSR count). The molecule has 2 aromatic rings. The van der Waals surface area contributed by atoms with E-state index in [2.05, 4.69) is 23.7 Å². The van der Waals surface area contributed by atoms with Crippen LogP contribution in [-0.4, -0.2) is 28.3 Å². The molecule has 0 spiro atoms. The molecular formula is C18H23N3O2. The normalized spacial score (nSPS) is 17.5. The van der Waals surface area contributed by atoms with Crippen LogP contribution in [0.15, 0.2) is 23.1 Å². The van der Waals surface area contributed by atoms with Gasteiger partial charge in [-0.25, -0.2) is 4.98 Å². The van der Waals surface area contributed by atoms with Gasteiger partial charge in [-0.3, -0.25) is 14.0 Å². The average molecular weight is 313 g/mol. The van der Waals surface area contributed by atoms with Crippen molar-refractivity contribution in [3.05, 3.63) is 39.8 Å². The van der Waals surface area contributed by atoms with Crippen molar-refractivity contribution in [2.75, 3.05) is 18.0 Å².